The zero-order valence-electron chi connectivity index (χ0n) is 18.6. The SMILES string of the molecule is CNc1ncc2cc(-c3c(Cl)c(OC)cc(OC)c3Cl)c(=O)n(CCO[C@@H]3CCNC3)c2n1. The number of aromatic nitrogens is 3. The van der Waals surface area contributed by atoms with Gasteiger partial charge in [-0.1, -0.05) is 23.2 Å². The summed E-state index contributed by atoms with van der Waals surface area (Å²) in [6.07, 6.45) is 2.72. The van der Waals surface area contributed by atoms with Crippen molar-refractivity contribution in [2.24, 2.45) is 0 Å². The second-order valence-electron chi connectivity index (χ2n) is 7.51. The van der Waals surface area contributed by atoms with Gasteiger partial charge in [0.1, 0.15) is 17.1 Å². The van der Waals surface area contributed by atoms with Crippen molar-refractivity contribution >= 4 is 40.2 Å². The number of pyridine rings is 1. The van der Waals surface area contributed by atoms with Crippen LogP contribution in [0.2, 0.25) is 10.0 Å². The number of fused-ring (bicyclic) bond motifs is 1. The number of nitrogens with zero attached hydrogens (tertiary/aromatic N) is 3. The normalized spacial score (nSPS) is 15.7. The van der Waals surface area contributed by atoms with E-state index < -0.39 is 0 Å². The maximum atomic E-state index is 13.7. The van der Waals surface area contributed by atoms with Crippen LogP contribution in [0, 0.1) is 0 Å². The Morgan fingerprint density at radius 1 is 1.21 bits per heavy atom. The molecular formula is C22H25Cl2N5O4. The second-order valence-corrected chi connectivity index (χ2v) is 8.26. The first kappa shape index (κ1) is 23.6. The highest BCUT2D eigenvalue weighted by molar-refractivity contribution is 6.41. The number of benzene rings is 1. The number of nitrogens with one attached hydrogen (secondary N) is 2. The summed E-state index contributed by atoms with van der Waals surface area (Å²) >= 11 is 13.2. The average molecular weight is 494 g/mol. The molecule has 0 amide bonds. The highest BCUT2D eigenvalue weighted by Gasteiger charge is 2.23. The first-order chi connectivity index (χ1) is 16.0. The Kier molecular flexibility index (Phi) is 7.23. The molecule has 0 unspecified atom stereocenters. The molecule has 0 aliphatic carbocycles. The first-order valence-corrected chi connectivity index (χ1v) is 11.2. The van der Waals surface area contributed by atoms with Gasteiger partial charge in [-0.2, -0.15) is 4.98 Å². The van der Waals surface area contributed by atoms with Gasteiger partial charge in [0.2, 0.25) is 5.95 Å². The highest BCUT2D eigenvalue weighted by atomic mass is 35.5. The monoisotopic (exact) mass is 493 g/mol. The standard InChI is InChI=1S/C22H25Cl2N5O4/c1-25-22-27-10-12-8-14(17-18(23)15(31-2)9-16(32-3)19(17)24)21(30)29(20(12)28-22)6-7-33-13-4-5-26-11-13/h8-10,13,26H,4-7,11H2,1-3H3,(H,25,27,28)/t13-/m1/s1. The van der Waals surface area contributed by atoms with Gasteiger partial charge in [0.15, 0.2) is 0 Å². The molecule has 1 saturated heterocycles. The molecule has 176 valence electrons. The van der Waals surface area contributed by atoms with Crippen LogP contribution in [0.15, 0.2) is 23.1 Å². The molecule has 4 rings (SSSR count). The van der Waals surface area contributed by atoms with E-state index in [4.69, 9.17) is 37.4 Å². The number of methoxy groups -OCH3 is 2. The highest BCUT2D eigenvalue weighted by Crippen LogP contribution is 2.45. The molecule has 3 aromatic rings. The zero-order chi connectivity index (χ0) is 23.5. The van der Waals surface area contributed by atoms with Crippen molar-refractivity contribution < 1.29 is 14.2 Å². The molecule has 9 nitrogen and oxygen atoms in total. The van der Waals surface area contributed by atoms with Crippen LogP contribution in [0.1, 0.15) is 6.42 Å². The molecule has 0 spiro atoms. The van der Waals surface area contributed by atoms with E-state index in [1.807, 2.05) is 0 Å². The third kappa shape index (κ3) is 4.59. The molecule has 0 saturated carbocycles. The molecule has 0 radical (unpaired) electrons. The second kappa shape index (κ2) is 10.1. The largest absolute Gasteiger partial charge is 0.495 e. The lowest BCUT2D eigenvalue weighted by Crippen LogP contribution is -2.27. The predicted molar refractivity (Wildman–Crippen MR) is 129 cm³/mol. The Morgan fingerprint density at radius 2 is 1.94 bits per heavy atom. The topological polar surface area (TPSA) is 99.5 Å². The smallest absolute Gasteiger partial charge is 0.260 e. The molecule has 2 N–H and O–H groups in total. The van der Waals surface area contributed by atoms with Gasteiger partial charge < -0.3 is 24.8 Å². The van der Waals surface area contributed by atoms with E-state index in [0.29, 0.717) is 47.2 Å². The maximum Gasteiger partial charge on any atom is 0.260 e. The molecule has 1 aliphatic rings. The van der Waals surface area contributed by atoms with Crippen LogP contribution >= 0.6 is 23.2 Å². The van der Waals surface area contributed by atoms with Gasteiger partial charge in [-0.25, -0.2) is 4.98 Å². The summed E-state index contributed by atoms with van der Waals surface area (Å²) in [6, 6.07) is 3.26. The Labute approximate surface area is 201 Å². The molecule has 1 aromatic carbocycles. The van der Waals surface area contributed by atoms with E-state index in [0.717, 1.165) is 19.5 Å². The summed E-state index contributed by atoms with van der Waals surface area (Å²) in [7, 11) is 4.69. The zero-order valence-corrected chi connectivity index (χ0v) is 20.1. The lowest BCUT2D eigenvalue weighted by Gasteiger charge is -2.17. The van der Waals surface area contributed by atoms with Gasteiger partial charge in [-0.15, -0.1) is 0 Å². The molecule has 1 fully saturated rings. The molecule has 1 aliphatic heterocycles. The van der Waals surface area contributed by atoms with E-state index in [1.54, 1.807) is 29.9 Å². The van der Waals surface area contributed by atoms with Gasteiger partial charge in [0.05, 0.1) is 49.1 Å². The molecule has 0 bridgehead atoms. The quantitative estimate of drug-likeness (QED) is 0.493. The van der Waals surface area contributed by atoms with Crippen LogP contribution < -0.4 is 25.7 Å². The predicted octanol–water partition coefficient (Wildman–Crippen LogP) is 3.20. The van der Waals surface area contributed by atoms with Crippen molar-refractivity contribution in [2.75, 3.05) is 46.3 Å². The Morgan fingerprint density at radius 3 is 2.55 bits per heavy atom. The summed E-state index contributed by atoms with van der Waals surface area (Å²) in [4.78, 5) is 22.5. The van der Waals surface area contributed by atoms with Crippen molar-refractivity contribution in [3.05, 3.63) is 38.7 Å². The average Bonchev–Trinajstić information content (AvgIpc) is 3.34. The van der Waals surface area contributed by atoms with E-state index in [9.17, 15) is 4.79 Å². The fraction of sp³-hybridized carbons (Fsp3) is 0.409. The summed E-state index contributed by atoms with van der Waals surface area (Å²) in [5.74, 6) is 1.10. The Bertz CT molecular complexity index is 1200. The van der Waals surface area contributed by atoms with Crippen LogP contribution in [0.3, 0.4) is 0 Å². The van der Waals surface area contributed by atoms with Crippen molar-refractivity contribution in [1.29, 1.82) is 0 Å². The number of ether oxygens (including phenoxy) is 3. The van der Waals surface area contributed by atoms with Crippen molar-refractivity contribution in [2.45, 2.75) is 19.1 Å². The molecule has 3 heterocycles. The number of hydrogen-bond acceptors (Lipinski definition) is 8. The molecule has 33 heavy (non-hydrogen) atoms. The lowest BCUT2D eigenvalue weighted by atomic mass is 10.0. The first-order valence-electron chi connectivity index (χ1n) is 10.5. The summed E-state index contributed by atoms with van der Waals surface area (Å²) in [5, 5.41) is 7.26. The van der Waals surface area contributed by atoms with Gasteiger partial charge >= 0.3 is 0 Å². The van der Waals surface area contributed by atoms with Crippen molar-refractivity contribution in [3.8, 4) is 22.6 Å². The van der Waals surface area contributed by atoms with Crippen LogP contribution in [-0.4, -0.2) is 61.6 Å². The van der Waals surface area contributed by atoms with Gasteiger partial charge in [-0.05, 0) is 19.0 Å². The Hall–Kier alpha value is -2.59. The number of rotatable bonds is 8. The summed E-state index contributed by atoms with van der Waals surface area (Å²) in [5.41, 5.74) is 0.792. The van der Waals surface area contributed by atoms with Crippen LogP contribution in [-0.2, 0) is 11.3 Å². The molecule has 11 heteroatoms. The molecule has 1 atom stereocenters. The van der Waals surface area contributed by atoms with Crippen molar-refractivity contribution in [1.82, 2.24) is 19.9 Å². The van der Waals surface area contributed by atoms with Gasteiger partial charge in [-0.3, -0.25) is 9.36 Å². The van der Waals surface area contributed by atoms with Crippen LogP contribution in [0.25, 0.3) is 22.2 Å². The fourth-order valence-electron chi connectivity index (χ4n) is 3.87. The minimum absolute atomic E-state index is 0.129. The van der Waals surface area contributed by atoms with Gasteiger partial charge in [0.25, 0.3) is 5.56 Å². The van der Waals surface area contributed by atoms with Crippen LogP contribution in [0.4, 0.5) is 5.95 Å². The third-order valence-electron chi connectivity index (χ3n) is 5.58. The van der Waals surface area contributed by atoms with E-state index in [2.05, 4.69) is 20.6 Å². The summed E-state index contributed by atoms with van der Waals surface area (Å²) < 4.78 is 18.3. The van der Waals surface area contributed by atoms with Crippen molar-refractivity contribution in [3.63, 3.8) is 0 Å². The fourth-order valence-corrected chi connectivity index (χ4v) is 4.57. The van der Waals surface area contributed by atoms with E-state index in [1.165, 1.54) is 14.2 Å². The number of halogens is 2. The molecular weight excluding hydrogens is 469 g/mol. The van der Waals surface area contributed by atoms with Crippen LogP contribution in [0.5, 0.6) is 11.5 Å². The lowest BCUT2D eigenvalue weighted by molar-refractivity contribution is 0.0615. The van der Waals surface area contributed by atoms with E-state index in [-0.39, 0.29) is 27.3 Å². The third-order valence-corrected chi connectivity index (χ3v) is 6.33. The minimum Gasteiger partial charge on any atom is -0.495 e. The maximum absolute atomic E-state index is 13.7. The molecule has 2 aromatic heterocycles. The number of hydrogen-bond donors (Lipinski definition) is 2. The minimum atomic E-state index is -0.310. The van der Waals surface area contributed by atoms with E-state index >= 15 is 0 Å². The number of anilines is 1. The summed E-state index contributed by atoms with van der Waals surface area (Å²) in [6.45, 7) is 2.38. The Balaban J connectivity index is 1.88. The van der Waals surface area contributed by atoms with Gasteiger partial charge in [0, 0.05) is 36.8 Å².